The minimum atomic E-state index is -0.447. The van der Waals surface area contributed by atoms with E-state index in [-0.39, 0.29) is 11.7 Å². The third kappa shape index (κ3) is 2.73. The van der Waals surface area contributed by atoms with Crippen molar-refractivity contribution in [1.29, 1.82) is 0 Å². The van der Waals surface area contributed by atoms with Crippen LogP contribution in [0.4, 0.5) is 4.39 Å². The highest BCUT2D eigenvalue weighted by atomic mass is 79.9. The zero-order valence-electron chi connectivity index (χ0n) is 9.78. The second kappa shape index (κ2) is 5.81. The second-order valence-corrected chi connectivity index (χ2v) is 5.41. The van der Waals surface area contributed by atoms with Gasteiger partial charge in [0.15, 0.2) is 0 Å². The minimum absolute atomic E-state index is 0.0586. The summed E-state index contributed by atoms with van der Waals surface area (Å²) in [7, 11) is 0. The normalized spacial score (nSPS) is 14.2. The zero-order chi connectivity index (χ0) is 13.1. The van der Waals surface area contributed by atoms with Crippen molar-refractivity contribution in [2.75, 3.05) is 0 Å². The van der Waals surface area contributed by atoms with E-state index in [9.17, 15) is 4.39 Å². The molecule has 18 heavy (non-hydrogen) atoms. The highest BCUT2D eigenvalue weighted by molar-refractivity contribution is 9.10. The van der Waals surface area contributed by atoms with Gasteiger partial charge >= 0.3 is 0 Å². The number of nitrogens with zero attached hydrogens (tertiary/aromatic N) is 1. The third-order valence-electron chi connectivity index (χ3n) is 2.87. The highest BCUT2D eigenvalue weighted by Gasteiger charge is 2.23. The summed E-state index contributed by atoms with van der Waals surface area (Å²) in [5.41, 5.74) is 1.35. The van der Waals surface area contributed by atoms with E-state index in [1.807, 2.05) is 25.1 Å². The molecule has 0 aliphatic rings. The van der Waals surface area contributed by atoms with E-state index in [1.54, 1.807) is 24.4 Å². The molecule has 0 fully saturated rings. The molecule has 94 valence electrons. The van der Waals surface area contributed by atoms with Crippen molar-refractivity contribution >= 4 is 27.5 Å². The van der Waals surface area contributed by atoms with Gasteiger partial charge in [0.25, 0.3) is 0 Å². The molecule has 2 rings (SSSR count). The summed E-state index contributed by atoms with van der Waals surface area (Å²) in [6, 6.07) is 10.8. The van der Waals surface area contributed by atoms with Crippen LogP contribution >= 0.6 is 27.5 Å². The van der Waals surface area contributed by atoms with Gasteiger partial charge < -0.3 is 0 Å². The number of aromatic nitrogens is 1. The maximum Gasteiger partial charge on any atom is 0.142 e. The standard InChI is InChI=1S/C14H12BrClFN/c1-9(12-7-2-3-8-18-12)13(16)10-5-4-6-11(15)14(10)17/h2-9,13H,1H3. The van der Waals surface area contributed by atoms with Crippen LogP contribution in [-0.4, -0.2) is 4.98 Å². The topological polar surface area (TPSA) is 12.9 Å². The Morgan fingerprint density at radius 3 is 2.67 bits per heavy atom. The summed E-state index contributed by atoms with van der Waals surface area (Å²) in [5, 5.41) is -0.447. The Morgan fingerprint density at radius 1 is 1.22 bits per heavy atom. The van der Waals surface area contributed by atoms with E-state index in [0.29, 0.717) is 10.0 Å². The molecule has 0 radical (unpaired) electrons. The molecule has 0 aliphatic heterocycles. The fourth-order valence-corrected chi connectivity index (χ4v) is 2.48. The van der Waals surface area contributed by atoms with Crippen molar-refractivity contribution < 1.29 is 4.39 Å². The summed E-state index contributed by atoms with van der Waals surface area (Å²) in [5.74, 6) is -0.364. The molecule has 4 heteroatoms. The first-order chi connectivity index (χ1) is 8.61. The molecule has 0 spiro atoms. The Balaban J connectivity index is 2.31. The average molecular weight is 329 g/mol. The van der Waals surface area contributed by atoms with Crippen molar-refractivity contribution in [2.45, 2.75) is 18.2 Å². The van der Waals surface area contributed by atoms with Crippen LogP contribution in [0.1, 0.15) is 29.5 Å². The molecule has 2 aromatic rings. The number of pyridine rings is 1. The van der Waals surface area contributed by atoms with Gasteiger partial charge in [-0.1, -0.05) is 25.1 Å². The molecule has 0 saturated carbocycles. The summed E-state index contributed by atoms with van der Waals surface area (Å²) in [6.45, 7) is 1.94. The van der Waals surface area contributed by atoms with Gasteiger partial charge in [0.05, 0.1) is 9.85 Å². The molecule has 0 aliphatic carbocycles. The predicted molar refractivity (Wildman–Crippen MR) is 75.3 cm³/mol. The number of benzene rings is 1. The lowest BCUT2D eigenvalue weighted by atomic mass is 9.96. The maximum atomic E-state index is 14.0. The third-order valence-corrected chi connectivity index (χ3v) is 4.10. The molecular weight excluding hydrogens is 317 g/mol. The van der Waals surface area contributed by atoms with Crippen LogP contribution in [0.15, 0.2) is 47.1 Å². The molecule has 0 bridgehead atoms. The van der Waals surface area contributed by atoms with Gasteiger partial charge in [-0.05, 0) is 34.1 Å². The molecule has 1 heterocycles. The second-order valence-electron chi connectivity index (χ2n) is 4.09. The Morgan fingerprint density at radius 2 is 2.00 bits per heavy atom. The first-order valence-electron chi connectivity index (χ1n) is 5.60. The lowest BCUT2D eigenvalue weighted by molar-refractivity contribution is 0.583. The summed E-state index contributed by atoms with van der Waals surface area (Å²) < 4.78 is 14.4. The smallest absolute Gasteiger partial charge is 0.142 e. The van der Waals surface area contributed by atoms with Crippen molar-refractivity contribution in [3.8, 4) is 0 Å². The SMILES string of the molecule is CC(c1ccccn1)C(Cl)c1cccc(Br)c1F. The fourth-order valence-electron chi connectivity index (χ4n) is 1.80. The first kappa shape index (κ1) is 13.5. The quantitative estimate of drug-likeness (QED) is 0.717. The Bertz CT molecular complexity index is 533. The molecular formula is C14H12BrClFN. The van der Waals surface area contributed by atoms with Gasteiger partial charge in [-0.2, -0.15) is 0 Å². The van der Waals surface area contributed by atoms with Gasteiger partial charge in [-0.15, -0.1) is 11.6 Å². The Hall–Kier alpha value is -0.930. The molecule has 1 aromatic carbocycles. The monoisotopic (exact) mass is 327 g/mol. The largest absolute Gasteiger partial charge is 0.261 e. The van der Waals surface area contributed by atoms with E-state index in [1.165, 1.54) is 0 Å². The van der Waals surface area contributed by atoms with E-state index in [4.69, 9.17) is 11.6 Å². The van der Waals surface area contributed by atoms with Crippen LogP contribution in [-0.2, 0) is 0 Å². The van der Waals surface area contributed by atoms with Crippen LogP contribution in [0.5, 0.6) is 0 Å². The van der Waals surface area contributed by atoms with Crippen LogP contribution in [0, 0.1) is 5.82 Å². The fraction of sp³-hybridized carbons (Fsp3) is 0.214. The molecule has 2 unspecified atom stereocenters. The molecule has 2 atom stereocenters. The van der Waals surface area contributed by atoms with Gasteiger partial charge in [0.1, 0.15) is 5.82 Å². The summed E-state index contributed by atoms with van der Waals surface area (Å²) >= 11 is 9.54. The van der Waals surface area contributed by atoms with E-state index < -0.39 is 5.38 Å². The number of halogens is 3. The summed E-state index contributed by atoms with van der Waals surface area (Å²) in [6.07, 6.45) is 1.71. The lowest BCUT2D eigenvalue weighted by Crippen LogP contribution is -2.06. The van der Waals surface area contributed by atoms with Gasteiger partial charge in [-0.3, -0.25) is 4.98 Å². The lowest BCUT2D eigenvalue weighted by Gasteiger charge is -2.18. The van der Waals surface area contributed by atoms with Gasteiger partial charge in [0.2, 0.25) is 0 Å². The van der Waals surface area contributed by atoms with E-state index >= 15 is 0 Å². The van der Waals surface area contributed by atoms with E-state index in [2.05, 4.69) is 20.9 Å². The molecule has 0 amide bonds. The van der Waals surface area contributed by atoms with Crippen LogP contribution in [0.2, 0.25) is 0 Å². The molecule has 0 saturated heterocycles. The Kier molecular flexibility index (Phi) is 4.36. The van der Waals surface area contributed by atoms with Gasteiger partial charge in [-0.25, -0.2) is 4.39 Å². The number of alkyl halides is 1. The minimum Gasteiger partial charge on any atom is -0.261 e. The van der Waals surface area contributed by atoms with Crippen LogP contribution in [0.25, 0.3) is 0 Å². The molecule has 1 nitrogen and oxygen atoms in total. The zero-order valence-corrected chi connectivity index (χ0v) is 12.1. The highest BCUT2D eigenvalue weighted by Crippen LogP contribution is 2.37. The molecule has 0 N–H and O–H groups in total. The summed E-state index contributed by atoms with van der Waals surface area (Å²) in [4.78, 5) is 4.26. The van der Waals surface area contributed by atoms with Gasteiger partial charge in [0, 0.05) is 23.4 Å². The van der Waals surface area contributed by atoms with Crippen LogP contribution in [0.3, 0.4) is 0 Å². The number of rotatable bonds is 3. The maximum absolute atomic E-state index is 14.0. The molecule has 1 aromatic heterocycles. The van der Waals surface area contributed by atoms with Crippen molar-refractivity contribution in [3.63, 3.8) is 0 Å². The predicted octanol–water partition coefficient (Wildman–Crippen LogP) is 5.07. The van der Waals surface area contributed by atoms with Crippen molar-refractivity contribution in [1.82, 2.24) is 4.98 Å². The Labute approximate surface area is 119 Å². The van der Waals surface area contributed by atoms with Crippen molar-refractivity contribution in [2.24, 2.45) is 0 Å². The van der Waals surface area contributed by atoms with Crippen molar-refractivity contribution in [3.05, 3.63) is 64.1 Å². The first-order valence-corrected chi connectivity index (χ1v) is 6.83. The van der Waals surface area contributed by atoms with E-state index in [0.717, 1.165) is 5.69 Å². The van der Waals surface area contributed by atoms with Crippen LogP contribution < -0.4 is 0 Å². The number of hydrogen-bond acceptors (Lipinski definition) is 1. The average Bonchev–Trinajstić information content (AvgIpc) is 2.41. The number of hydrogen-bond donors (Lipinski definition) is 0.